The molecule has 5 nitrogen and oxygen atoms in total. The average molecular weight is 440 g/mol. The van der Waals surface area contributed by atoms with E-state index in [0.29, 0.717) is 27.8 Å². The van der Waals surface area contributed by atoms with Gasteiger partial charge in [0.15, 0.2) is 0 Å². The first-order chi connectivity index (χ1) is 16.1. The van der Waals surface area contributed by atoms with Gasteiger partial charge in [0.1, 0.15) is 24.3 Å². The topological polar surface area (TPSA) is 64.4 Å². The first-order valence-electron chi connectivity index (χ1n) is 10.6. The van der Waals surface area contributed by atoms with Crippen LogP contribution in [0.25, 0.3) is 32.8 Å². The fourth-order valence-corrected chi connectivity index (χ4v) is 3.88. The Kier molecular flexibility index (Phi) is 5.59. The Balaban J connectivity index is 1.41. The predicted molar refractivity (Wildman–Crippen MR) is 127 cm³/mol. The van der Waals surface area contributed by atoms with Gasteiger partial charge < -0.3 is 9.84 Å². The summed E-state index contributed by atoms with van der Waals surface area (Å²) in [5, 5.41) is 18.4. The zero-order valence-electron chi connectivity index (χ0n) is 17.7. The third-order valence-corrected chi connectivity index (χ3v) is 5.53. The summed E-state index contributed by atoms with van der Waals surface area (Å²) >= 11 is 0. The van der Waals surface area contributed by atoms with Crippen LogP contribution >= 0.6 is 0 Å². The Bertz CT molecular complexity index is 1500. The molecule has 0 fully saturated rings. The maximum absolute atomic E-state index is 13.4. The molecule has 5 aromatic rings. The van der Waals surface area contributed by atoms with Crippen molar-refractivity contribution in [1.82, 2.24) is 9.78 Å². The number of nitrogens with zero attached hydrogens (tertiary/aromatic N) is 2. The van der Waals surface area contributed by atoms with Crippen molar-refractivity contribution < 1.29 is 14.2 Å². The van der Waals surface area contributed by atoms with Crippen LogP contribution in [0, 0.1) is 5.82 Å². The van der Waals surface area contributed by atoms with E-state index in [1.54, 1.807) is 24.3 Å². The molecule has 0 amide bonds. The first-order valence-corrected chi connectivity index (χ1v) is 10.6. The fourth-order valence-electron chi connectivity index (χ4n) is 3.88. The number of hydrogen-bond donors (Lipinski definition) is 1. The zero-order valence-corrected chi connectivity index (χ0v) is 17.7. The van der Waals surface area contributed by atoms with Crippen LogP contribution in [0.5, 0.6) is 5.75 Å². The molecule has 1 unspecified atom stereocenters. The first kappa shape index (κ1) is 20.8. The van der Waals surface area contributed by atoms with E-state index in [2.05, 4.69) is 5.10 Å². The summed E-state index contributed by atoms with van der Waals surface area (Å²) < 4.78 is 20.4. The molecule has 0 bridgehead atoms. The Morgan fingerprint density at radius 1 is 0.879 bits per heavy atom. The molecule has 4 aromatic carbocycles. The lowest BCUT2D eigenvalue weighted by molar-refractivity contribution is 0.0883. The summed E-state index contributed by atoms with van der Waals surface area (Å²) in [5.41, 5.74) is 0.928. The molecular weight excluding hydrogens is 419 g/mol. The minimum atomic E-state index is -0.955. The van der Waals surface area contributed by atoms with Crippen molar-refractivity contribution in [3.8, 4) is 17.0 Å². The van der Waals surface area contributed by atoms with Crippen molar-refractivity contribution in [1.29, 1.82) is 0 Å². The molecule has 164 valence electrons. The third-order valence-electron chi connectivity index (χ3n) is 5.53. The average Bonchev–Trinajstić information content (AvgIpc) is 2.85. The van der Waals surface area contributed by atoms with E-state index in [1.165, 1.54) is 16.8 Å². The smallest absolute Gasteiger partial charge is 0.274 e. The van der Waals surface area contributed by atoms with E-state index in [0.717, 1.165) is 10.8 Å². The highest BCUT2D eigenvalue weighted by atomic mass is 19.1. The molecule has 1 N–H and O–H groups in total. The molecule has 0 aliphatic heterocycles. The molecule has 6 heteroatoms. The monoisotopic (exact) mass is 440 g/mol. The summed E-state index contributed by atoms with van der Waals surface area (Å²) in [6.07, 6.45) is -0.955. The number of fused-ring (bicyclic) bond motifs is 2. The van der Waals surface area contributed by atoms with Gasteiger partial charge in [0.2, 0.25) is 0 Å². The van der Waals surface area contributed by atoms with E-state index in [9.17, 15) is 14.3 Å². The van der Waals surface area contributed by atoms with Crippen LogP contribution in [0.4, 0.5) is 4.39 Å². The second-order valence-corrected chi connectivity index (χ2v) is 7.86. The predicted octanol–water partition coefficient (Wildman–Crippen LogP) is 4.80. The highest BCUT2D eigenvalue weighted by molar-refractivity contribution is 5.93. The zero-order chi connectivity index (χ0) is 22.8. The maximum Gasteiger partial charge on any atom is 0.274 e. The minimum absolute atomic E-state index is 0.00513. The standard InChI is InChI=1S/C27H21FN2O3/c28-21-12-9-19(10-13-21)26-24-7-3-4-8-25(24)27(32)30(29-26)16-22(31)17-33-23-14-11-18-5-1-2-6-20(18)15-23/h1-15,22,31H,16-17H2. The summed E-state index contributed by atoms with van der Waals surface area (Å²) in [6, 6.07) is 26.8. The molecule has 33 heavy (non-hydrogen) atoms. The summed E-state index contributed by atoms with van der Waals surface area (Å²) in [7, 11) is 0. The minimum Gasteiger partial charge on any atom is -0.491 e. The number of aromatic nitrogens is 2. The van der Waals surface area contributed by atoms with Crippen molar-refractivity contribution in [3.63, 3.8) is 0 Å². The molecule has 0 aliphatic carbocycles. The quantitative estimate of drug-likeness (QED) is 0.412. The molecule has 1 aromatic heterocycles. The molecular formula is C27H21FN2O3. The Morgan fingerprint density at radius 2 is 1.58 bits per heavy atom. The molecule has 0 saturated heterocycles. The van der Waals surface area contributed by atoms with E-state index >= 15 is 0 Å². The van der Waals surface area contributed by atoms with Gasteiger partial charge in [-0.25, -0.2) is 9.07 Å². The third kappa shape index (κ3) is 4.33. The van der Waals surface area contributed by atoms with Gasteiger partial charge in [-0.2, -0.15) is 5.10 Å². The van der Waals surface area contributed by atoms with E-state index in [-0.39, 0.29) is 24.5 Å². The number of halogens is 1. The number of aliphatic hydroxyl groups excluding tert-OH is 1. The molecule has 1 heterocycles. The van der Waals surface area contributed by atoms with Crippen molar-refractivity contribution >= 4 is 21.5 Å². The number of rotatable bonds is 6. The Hall–Kier alpha value is -4.03. The largest absolute Gasteiger partial charge is 0.491 e. The maximum atomic E-state index is 13.4. The summed E-state index contributed by atoms with van der Waals surface area (Å²) in [6.45, 7) is -0.0311. The molecule has 0 radical (unpaired) electrons. The molecule has 5 rings (SSSR count). The highest BCUT2D eigenvalue weighted by Crippen LogP contribution is 2.25. The highest BCUT2D eigenvalue weighted by Gasteiger charge is 2.15. The van der Waals surface area contributed by atoms with Crippen molar-refractivity contribution in [2.45, 2.75) is 12.6 Å². The molecule has 0 spiro atoms. The number of ether oxygens (including phenoxy) is 1. The Morgan fingerprint density at radius 3 is 2.36 bits per heavy atom. The van der Waals surface area contributed by atoms with Crippen molar-refractivity contribution in [2.24, 2.45) is 0 Å². The van der Waals surface area contributed by atoms with Gasteiger partial charge in [-0.3, -0.25) is 4.79 Å². The van der Waals surface area contributed by atoms with Crippen LogP contribution in [-0.4, -0.2) is 27.6 Å². The summed E-state index contributed by atoms with van der Waals surface area (Å²) in [4.78, 5) is 13.0. The van der Waals surface area contributed by atoms with Crippen LogP contribution < -0.4 is 10.3 Å². The molecule has 0 saturated carbocycles. The second kappa shape index (κ2) is 8.84. The van der Waals surface area contributed by atoms with Crippen LogP contribution in [0.15, 0.2) is 95.8 Å². The lowest BCUT2D eigenvalue weighted by Gasteiger charge is -2.16. The van der Waals surface area contributed by atoms with Gasteiger partial charge in [-0.1, -0.05) is 48.5 Å². The molecule has 0 aliphatic rings. The van der Waals surface area contributed by atoms with Gasteiger partial charge in [-0.15, -0.1) is 0 Å². The van der Waals surface area contributed by atoms with Crippen LogP contribution in [-0.2, 0) is 6.54 Å². The normalized spacial score (nSPS) is 12.2. The lowest BCUT2D eigenvalue weighted by Crippen LogP contribution is -2.32. The van der Waals surface area contributed by atoms with Gasteiger partial charge in [0.05, 0.1) is 17.6 Å². The van der Waals surface area contributed by atoms with Gasteiger partial charge >= 0.3 is 0 Å². The van der Waals surface area contributed by atoms with Gasteiger partial charge in [0.25, 0.3) is 5.56 Å². The number of benzene rings is 4. The van der Waals surface area contributed by atoms with E-state index in [4.69, 9.17) is 4.74 Å². The molecule has 1 atom stereocenters. The van der Waals surface area contributed by atoms with Crippen LogP contribution in [0.1, 0.15) is 0 Å². The number of hydrogen-bond acceptors (Lipinski definition) is 4. The van der Waals surface area contributed by atoms with E-state index < -0.39 is 6.10 Å². The second-order valence-electron chi connectivity index (χ2n) is 7.86. The number of aliphatic hydroxyl groups is 1. The van der Waals surface area contributed by atoms with Crippen molar-refractivity contribution in [3.05, 3.63) is 107 Å². The SMILES string of the molecule is O=c1c2ccccc2c(-c2ccc(F)cc2)nn1CC(O)COc1ccc2ccccc2c1. The van der Waals surface area contributed by atoms with Gasteiger partial charge in [-0.05, 0) is 53.2 Å². The lowest BCUT2D eigenvalue weighted by atomic mass is 10.1. The van der Waals surface area contributed by atoms with Crippen molar-refractivity contribution in [2.75, 3.05) is 6.61 Å². The van der Waals surface area contributed by atoms with E-state index in [1.807, 2.05) is 54.6 Å². The van der Waals surface area contributed by atoms with Crippen LogP contribution in [0.2, 0.25) is 0 Å². The Labute approximate surface area is 189 Å². The summed E-state index contributed by atoms with van der Waals surface area (Å²) in [5.74, 6) is 0.288. The fraction of sp³-hybridized carbons (Fsp3) is 0.111. The van der Waals surface area contributed by atoms with Crippen LogP contribution in [0.3, 0.4) is 0 Å². The van der Waals surface area contributed by atoms with Gasteiger partial charge in [0, 0.05) is 10.9 Å².